The molecule has 0 aliphatic carbocycles. The van der Waals surface area contributed by atoms with Crippen LogP contribution in [-0.4, -0.2) is 26.5 Å². The van der Waals surface area contributed by atoms with Crippen LogP contribution >= 0.6 is 0 Å². The molecule has 1 aromatic carbocycles. The smallest absolute Gasteiger partial charge is 0.270 e. The summed E-state index contributed by atoms with van der Waals surface area (Å²) in [6.45, 7) is 1.85. The summed E-state index contributed by atoms with van der Waals surface area (Å²) in [7, 11) is -3.75. The van der Waals surface area contributed by atoms with Gasteiger partial charge < -0.3 is 5.32 Å². The highest BCUT2D eigenvalue weighted by atomic mass is 32.2. The Morgan fingerprint density at radius 2 is 1.92 bits per heavy atom. The van der Waals surface area contributed by atoms with Gasteiger partial charge >= 0.3 is 0 Å². The molecule has 1 aliphatic rings. The van der Waals surface area contributed by atoms with Gasteiger partial charge in [-0.05, 0) is 36.6 Å². The zero-order chi connectivity index (χ0) is 18.8. The first-order chi connectivity index (χ1) is 12.3. The van der Waals surface area contributed by atoms with Crippen molar-refractivity contribution >= 4 is 15.8 Å². The van der Waals surface area contributed by atoms with E-state index in [9.17, 15) is 17.2 Å². The van der Waals surface area contributed by atoms with Crippen molar-refractivity contribution in [1.29, 1.82) is 0 Å². The first-order valence-electron chi connectivity index (χ1n) is 8.46. The molecular weight excluding hydrogens is 360 g/mol. The number of fused-ring (bicyclic) bond motifs is 1. The van der Waals surface area contributed by atoms with Crippen LogP contribution in [0.3, 0.4) is 0 Å². The number of nitrogens with one attached hydrogen (secondary N) is 2. The van der Waals surface area contributed by atoms with Crippen LogP contribution in [0.15, 0.2) is 41.3 Å². The molecule has 1 aromatic heterocycles. The van der Waals surface area contributed by atoms with E-state index in [0.29, 0.717) is 6.42 Å². The van der Waals surface area contributed by atoms with Crippen LogP contribution in [0.5, 0.6) is 0 Å². The van der Waals surface area contributed by atoms with Crippen molar-refractivity contribution in [3.8, 4) is 0 Å². The quantitative estimate of drug-likeness (QED) is 0.807. The van der Waals surface area contributed by atoms with Gasteiger partial charge in [-0.1, -0.05) is 18.2 Å². The summed E-state index contributed by atoms with van der Waals surface area (Å²) in [5.41, 5.74) is 1.75. The molecule has 2 aromatic rings. The molecule has 0 saturated carbocycles. The van der Waals surface area contributed by atoms with Gasteiger partial charge in [0.2, 0.25) is 10.0 Å². The van der Waals surface area contributed by atoms with E-state index in [2.05, 4.69) is 15.0 Å². The summed E-state index contributed by atoms with van der Waals surface area (Å²) < 4.78 is 53.5. The van der Waals surface area contributed by atoms with Crippen LogP contribution in [0.1, 0.15) is 30.2 Å². The Labute approximate surface area is 151 Å². The van der Waals surface area contributed by atoms with Gasteiger partial charge in [0, 0.05) is 37.7 Å². The average molecular weight is 381 g/mol. The fraction of sp³-hybridized carbons (Fsp3) is 0.389. The number of rotatable bonds is 6. The minimum Gasteiger partial charge on any atom is -0.370 e. The Bertz CT molecular complexity index is 878. The van der Waals surface area contributed by atoms with Crippen LogP contribution in [0.4, 0.5) is 14.6 Å². The topological polar surface area (TPSA) is 71.1 Å². The number of hydrogen-bond donors (Lipinski definition) is 2. The first kappa shape index (κ1) is 18.7. The van der Waals surface area contributed by atoms with Gasteiger partial charge in [-0.15, -0.1) is 0 Å². The molecule has 0 bridgehead atoms. The number of benzene rings is 1. The number of halogens is 2. The minimum absolute atomic E-state index is 0.0365. The van der Waals surface area contributed by atoms with Crippen molar-refractivity contribution in [2.75, 3.05) is 18.4 Å². The summed E-state index contributed by atoms with van der Waals surface area (Å²) in [5, 5.41) is 3.24. The summed E-state index contributed by atoms with van der Waals surface area (Å²) >= 11 is 0. The molecule has 8 heteroatoms. The zero-order valence-corrected chi connectivity index (χ0v) is 15.2. The molecule has 1 aliphatic heterocycles. The van der Waals surface area contributed by atoms with Crippen LogP contribution in [-0.2, 0) is 28.8 Å². The van der Waals surface area contributed by atoms with Gasteiger partial charge in [-0.3, -0.25) is 0 Å². The van der Waals surface area contributed by atoms with E-state index in [0.717, 1.165) is 50.0 Å². The lowest BCUT2D eigenvalue weighted by atomic mass is 10.1. The highest BCUT2D eigenvalue weighted by Gasteiger charge is 2.24. The first-order valence-corrected chi connectivity index (χ1v) is 9.95. The monoisotopic (exact) mass is 381 g/mol. The molecule has 0 fully saturated rings. The summed E-state index contributed by atoms with van der Waals surface area (Å²) in [5.74, 6) is -2.13. The van der Waals surface area contributed by atoms with Crippen molar-refractivity contribution in [2.45, 2.75) is 37.0 Å². The SMILES string of the molecule is CC(F)(F)c1ccc(S(=O)(=O)NCCc2ccc3c(n2)NCCC3)cc1. The number of nitrogens with zero attached hydrogens (tertiary/aromatic N) is 1. The third kappa shape index (κ3) is 4.37. The summed E-state index contributed by atoms with van der Waals surface area (Å²) in [4.78, 5) is 4.48. The lowest BCUT2D eigenvalue weighted by molar-refractivity contribution is 0.0174. The molecule has 26 heavy (non-hydrogen) atoms. The third-order valence-electron chi connectivity index (χ3n) is 4.30. The lowest BCUT2D eigenvalue weighted by Crippen LogP contribution is -2.26. The standard InChI is InChI=1S/C18H21F2N3O2S/c1-18(19,20)14-5-8-16(9-6-14)26(24,25)22-12-10-15-7-4-13-3-2-11-21-17(13)23-15/h4-9,22H,2-3,10-12H2,1H3,(H,21,23). The number of alkyl halides is 2. The number of aromatic nitrogens is 1. The number of aryl methyl sites for hydroxylation is 1. The molecule has 140 valence electrons. The maximum atomic E-state index is 13.2. The second-order valence-electron chi connectivity index (χ2n) is 6.40. The van der Waals surface area contributed by atoms with Crippen LogP contribution in [0.2, 0.25) is 0 Å². The van der Waals surface area contributed by atoms with E-state index in [1.165, 1.54) is 17.7 Å². The molecule has 0 atom stereocenters. The van der Waals surface area contributed by atoms with Crippen molar-refractivity contribution in [2.24, 2.45) is 0 Å². The van der Waals surface area contributed by atoms with E-state index in [1.807, 2.05) is 12.1 Å². The van der Waals surface area contributed by atoms with E-state index >= 15 is 0 Å². The minimum atomic E-state index is -3.75. The molecule has 0 radical (unpaired) electrons. The Morgan fingerprint density at radius 3 is 2.62 bits per heavy atom. The third-order valence-corrected chi connectivity index (χ3v) is 5.77. The van der Waals surface area contributed by atoms with Gasteiger partial charge in [-0.25, -0.2) is 26.9 Å². The average Bonchev–Trinajstić information content (AvgIpc) is 2.61. The number of hydrogen-bond acceptors (Lipinski definition) is 4. The molecule has 0 spiro atoms. The zero-order valence-electron chi connectivity index (χ0n) is 14.4. The van der Waals surface area contributed by atoms with Crippen LogP contribution < -0.4 is 10.0 Å². The molecule has 2 N–H and O–H groups in total. The number of sulfonamides is 1. The predicted octanol–water partition coefficient (Wildman–Crippen LogP) is 3.07. The van der Waals surface area contributed by atoms with E-state index in [1.54, 1.807) is 0 Å². The van der Waals surface area contributed by atoms with E-state index in [4.69, 9.17) is 0 Å². The molecule has 5 nitrogen and oxygen atoms in total. The van der Waals surface area contributed by atoms with Crippen LogP contribution in [0.25, 0.3) is 0 Å². The Hall–Kier alpha value is -2.06. The molecule has 3 rings (SSSR count). The highest BCUT2D eigenvalue weighted by Crippen LogP contribution is 2.27. The molecule has 0 saturated heterocycles. The van der Waals surface area contributed by atoms with E-state index in [-0.39, 0.29) is 17.0 Å². The molecule has 0 unspecified atom stereocenters. The second kappa shape index (κ2) is 7.28. The second-order valence-corrected chi connectivity index (χ2v) is 8.17. The van der Waals surface area contributed by atoms with Gasteiger partial charge in [0.1, 0.15) is 5.82 Å². The summed E-state index contributed by atoms with van der Waals surface area (Å²) in [6, 6.07) is 8.56. The van der Waals surface area contributed by atoms with Gasteiger partial charge in [0.25, 0.3) is 5.92 Å². The predicted molar refractivity (Wildman–Crippen MR) is 96.0 cm³/mol. The maximum absolute atomic E-state index is 13.2. The molecular formula is C18H21F2N3O2S. The largest absolute Gasteiger partial charge is 0.370 e. The van der Waals surface area contributed by atoms with Crippen molar-refractivity contribution in [1.82, 2.24) is 9.71 Å². The van der Waals surface area contributed by atoms with E-state index < -0.39 is 15.9 Å². The highest BCUT2D eigenvalue weighted by molar-refractivity contribution is 7.89. The van der Waals surface area contributed by atoms with Gasteiger partial charge in [-0.2, -0.15) is 0 Å². The van der Waals surface area contributed by atoms with Gasteiger partial charge in [0.05, 0.1) is 4.90 Å². The normalized spacial score (nSPS) is 14.6. The lowest BCUT2D eigenvalue weighted by Gasteiger charge is -2.17. The molecule has 2 heterocycles. The number of anilines is 1. The van der Waals surface area contributed by atoms with Crippen molar-refractivity contribution < 1.29 is 17.2 Å². The Kier molecular flexibility index (Phi) is 5.24. The van der Waals surface area contributed by atoms with Crippen molar-refractivity contribution in [3.63, 3.8) is 0 Å². The van der Waals surface area contributed by atoms with Crippen LogP contribution in [0, 0.1) is 0 Å². The molecule has 0 amide bonds. The van der Waals surface area contributed by atoms with Crippen molar-refractivity contribution in [3.05, 3.63) is 53.2 Å². The summed E-state index contributed by atoms with van der Waals surface area (Å²) in [6.07, 6.45) is 2.52. The fourth-order valence-electron chi connectivity index (χ4n) is 2.83. The van der Waals surface area contributed by atoms with Gasteiger partial charge in [0.15, 0.2) is 0 Å². The fourth-order valence-corrected chi connectivity index (χ4v) is 3.86. The Morgan fingerprint density at radius 1 is 1.19 bits per heavy atom. The number of pyridine rings is 1. The maximum Gasteiger partial charge on any atom is 0.270 e. The Balaban J connectivity index is 1.62.